The minimum absolute atomic E-state index is 0. The molecule has 40 heavy (non-hydrogen) atoms. The van der Waals surface area contributed by atoms with Gasteiger partial charge in [-0.05, 0) is 73.3 Å². The van der Waals surface area contributed by atoms with Gasteiger partial charge in [0.25, 0.3) is 11.8 Å². The van der Waals surface area contributed by atoms with E-state index < -0.39 is 11.6 Å². The van der Waals surface area contributed by atoms with E-state index in [2.05, 4.69) is 33.0 Å². The molecule has 4 rings (SSSR count). The van der Waals surface area contributed by atoms with Crippen LogP contribution in [-0.2, 0) is 9.59 Å². The molecule has 0 aromatic heterocycles. The van der Waals surface area contributed by atoms with E-state index >= 15 is 0 Å². The van der Waals surface area contributed by atoms with Crippen molar-refractivity contribution in [3.05, 3.63) is 70.2 Å². The molecule has 0 bridgehead atoms. The Balaban J connectivity index is 0.00000441. The Labute approximate surface area is 264 Å². The number of rotatable bonds is 8. The van der Waals surface area contributed by atoms with Crippen LogP contribution in [0.5, 0.6) is 0 Å². The number of halogens is 1. The van der Waals surface area contributed by atoms with Crippen LogP contribution in [0.4, 0.5) is 0 Å². The second-order valence-corrected chi connectivity index (χ2v) is 12.1. The first-order chi connectivity index (χ1) is 18.4. The Morgan fingerprint density at radius 1 is 1.15 bits per heavy atom. The van der Waals surface area contributed by atoms with Crippen LogP contribution in [0, 0.1) is 11.3 Å². The third-order valence-corrected chi connectivity index (χ3v) is 8.40. The summed E-state index contributed by atoms with van der Waals surface area (Å²) in [4.78, 5) is 44.4. The molecular weight excluding hydrogens is 537 g/mol. The van der Waals surface area contributed by atoms with Gasteiger partial charge in [-0.15, -0.1) is 0 Å². The number of aliphatic carboxylic acids is 1. The molecule has 1 atom stereocenters. The number of hydrogen-bond donors (Lipinski definition) is 1. The van der Waals surface area contributed by atoms with Gasteiger partial charge in [-0.3, -0.25) is 14.6 Å². The van der Waals surface area contributed by atoms with E-state index in [1.807, 2.05) is 29.2 Å². The molecule has 1 fully saturated rings. The minimum atomic E-state index is -1.21. The molecule has 9 heteroatoms. The molecule has 2 aromatic rings. The Bertz CT molecular complexity index is 1260. The molecule has 2 amide bonds. The summed E-state index contributed by atoms with van der Waals surface area (Å²) in [7, 11) is 0. The number of carbonyl (C=O) groups excluding carboxylic acids is 3. The Morgan fingerprint density at radius 3 is 2.35 bits per heavy atom. The topological polar surface area (TPSA) is 102 Å². The van der Waals surface area contributed by atoms with E-state index in [-0.39, 0.29) is 65.8 Å². The third-order valence-electron chi connectivity index (χ3n) is 8.17. The number of hydrogen-bond acceptors (Lipinski definition) is 5. The average molecular weight is 574 g/mol. The summed E-state index contributed by atoms with van der Waals surface area (Å²) < 4.78 is 0. The monoisotopic (exact) mass is 573 g/mol. The van der Waals surface area contributed by atoms with Gasteiger partial charge in [0.1, 0.15) is 11.4 Å². The first-order valence-corrected chi connectivity index (χ1v) is 14.1. The van der Waals surface area contributed by atoms with Crippen LogP contribution in [0.2, 0.25) is 5.02 Å². The van der Waals surface area contributed by atoms with Crippen molar-refractivity contribution in [2.45, 2.75) is 77.9 Å². The molecule has 1 saturated carbocycles. The number of nitrogens with zero attached hydrogens (tertiary/aromatic N) is 2. The molecule has 1 aliphatic carbocycles. The molecule has 1 N–H and O–H groups in total. The predicted octanol–water partition coefficient (Wildman–Crippen LogP) is 1.93. The summed E-state index contributed by atoms with van der Waals surface area (Å²) in [5, 5.41) is 13.8. The van der Waals surface area contributed by atoms with Gasteiger partial charge in [0.2, 0.25) is 0 Å². The molecule has 2 aromatic carbocycles. The van der Waals surface area contributed by atoms with Crippen LogP contribution in [0.3, 0.4) is 0 Å². The van der Waals surface area contributed by atoms with Crippen LogP contribution in [-0.4, -0.2) is 40.6 Å². The molecule has 208 valence electrons. The number of aliphatic imine (C=N–C) groups is 1. The quantitative estimate of drug-likeness (QED) is 0.488. The summed E-state index contributed by atoms with van der Waals surface area (Å²) in [6.07, 6.45) is 4.00. The molecule has 1 heterocycles. The van der Waals surface area contributed by atoms with Crippen molar-refractivity contribution < 1.29 is 49.0 Å². The van der Waals surface area contributed by atoms with Gasteiger partial charge >= 0.3 is 29.6 Å². The number of carboxylic acid groups (broad SMARTS) is 1. The van der Waals surface area contributed by atoms with Crippen molar-refractivity contribution in [1.29, 1.82) is 0 Å². The Hall–Kier alpha value is -2.19. The molecule has 7 nitrogen and oxygen atoms in total. The van der Waals surface area contributed by atoms with E-state index in [0.717, 1.165) is 36.8 Å². The van der Waals surface area contributed by atoms with Crippen LogP contribution < -0.4 is 40.0 Å². The largest absolute Gasteiger partial charge is 1.00 e. The van der Waals surface area contributed by atoms with Crippen molar-refractivity contribution in [1.82, 2.24) is 10.2 Å². The van der Waals surface area contributed by atoms with E-state index in [1.165, 1.54) is 0 Å². The molecule has 1 aliphatic heterocycles. The molecule has 0 radical (unpaired) electrons. The van der Waals surface area contributed by atoms with E-state index in [4.69, 9.17) is 16.6 Å². The van der Waals surface area contributed by atoms with Crippen molar-refractivity contribution in [3.8, 4) is 0 Å². The van der Waals surface area contributed by atoms with Crippen molar-refractivity contribution >= 4 is 35.1 Å². The Morgan fingerprint density at radius 2 is 1.80 bits per heavy atom. The maximum atomic E-state index is 14.1. The fourth-order valence-corrected chi connectivity index (χ4v) is 6.16. The van der Waals surface area contributed by atoms with Gasteiger partial charge in [0.15, 0.2) is 0 Å². The van der Waals surface area contributed by atoms with Crippen LogP contribution in [0.15, 0.2) is 53.5 Å². The van der Waals surface area contributed by atoms with Crippen LogP contribution in [0.25, 0.3) is 0 Å². The zero-order valence-electron chi connectivity index (χ0n) is 24.1. The zero-order chi connectivity index (χ0) is 28.4. The fraction of sp³-hybridized carbons (Fsp3) is 0.484. The zero-order valence-corrected chi connectivity index (χ0v) is 26.9. The normalized spacial score (nSPS) is 21.5. The van der Waals surface area contributed by atoms with E-state index in [0.29, 0.717) is 28.6 Å². The fourth-order valence-electron chi connectivity index (χ4n) is 5.97. The number of amides is 2. The van der Waals surface area contributed by atoms with Gasteiger partial charge in [-0.25, -0.2) is 0 Å². The molecule has 0 unspecified atom stereocenters. The number of benzene rings is 2. The summed E-state index contributed by atoms with van der Waals surface area (Å²) in [5.74, 6) is -1.10. The van der Waals surface area contributed by atoms with Gasteiger partial charge in [-0.1, -0.05) is 63.6 Å². The second-order valence-electron chi connectivity index (χ2n) is 11.7. The average Bonchev–Trinajstić information content (AvgIpc) is 3.16. The van der Waals surface area contributed by atoms with Crippen LogP contribution in [0.1, 0.15) is 93.7 Å². The Kier molecular flexibility index (Phi) is 10.7. The van der Waals surface area contributed by atoms with Crippen molar-refractivity contribution in [3.63, 3.8) is 0 Å². The summed E-state index contributed by atoms with van der Waals surface area (Å²) in [6.45, 7) is 8.89. The first-order valence-electron chi connectivity index (χ1n) is 13.7. The standard InChI is InChI=1S/C31H38ClN3O4.Na/c1-5-25(20-9-11-21(12-10-20)28(38)33-18-15-26(36)37)35-29(39)27(22-7-6-8-24(32)19-22)34-31(35)16-13-23(14-17-31)30(2,3)4;/h6-12,19,23,25H,5,13-18H2,1-4H3,(H,33,38)(H,36,37);/q;+1/p-1/t23?,25-,31?;/m1./s1. The minimum Gasteiger partial charge on any atom is -0.550 e. The maximum Gasteiger partial charge on any atom is 1.00 e. The molecule has 0 saturated heterocycles. The predicted molar refractivity (Wildman–Crippen MR) is 150 cm³/mol. The first kappa shape index (κ1) is 32.3. The number of carboxylic acids is 1. The second kappa shape index (κ2) is 13.2. The SMILES string of the molecule is CC[C@H](c1ccc(C(=O)NCCC(=O)[O-])cc1)N1C(=O)C(c2cccc(Cl)c2)=NC12CCC(C(C)(C)C)CC2.[Na+]. The number of carbonyl (C=O) groups is 3. The van der Waals surface area contributed by atoms with Gasteiger partial charge in [0, 0.05) is 35.1 Å². The summed E-state index contributed by atoms with van der Waals surface area (Å²) >= 11 is 6.28. The van der Waals surface area contributed by atoms with E-state index in [1.54, 1.807) is 24.3 Å². The van der Waals surface area contributed by atoms with Gasteiger partial charge in [-0.2, -0.15) is 0 Å². The summed E-state index contributed by atoms with van der Waals surface area (Å²) in [6, 6.07) is 14.3. The third kappa shape index (κ3) is 6.99. The van der Waals surface area contributed by atoms with Crippen molar-refractivity contribution in [2.75, 3.05) is 6.54 Å². The molecule has 1 spiro atoms. The molecule has 2 aliphatic rings. The van der Waals surface area contributed by atoms with Crippen molar-refractivity contribution in [2.24, 2.45) is 16.3 Å². The summed E-state index contributed by atoms with van der Waals surface area (Å²) in [5.41, 5.74) is 2.10. The van der Waals surface area contributed by atoms with Gasteiger partial charge in [0.05, 0.1) is 6.04 Å². The maximum absolute atomic E-state index is 14.1. The van der Waals surface area contributed by atoms with Gasteiger partial charge < -0.3 is 20.1 Å². The molecular formula is C31H37ClN3NaO4. The number of nitrogens with one attached hydrogen (secondary N) is 1. The smallest absolute Gasteiger partial charge is 0.550 e. The van der Waals surface area contributed by atoms with E-state index in [9.17, 15) is 19.5 Å². The van der Waals surface area contributed by atoms with Crippen LogP contribution >= 0.6 is 11.6 Å².